The van der Waals surface area contributed by atoms with Crippen molar-refractivity contribution in [3.63, 3.8) is 0 Å². The molecule has 1 aliphatic rings. The minimum atomic E-state index is 0.375. The second kappa shape index (κ2) is 6.71. The molecule has 0 aromatic heterocycles. The lowest BCUT2D eigenvalue weighted by molar-refractivity contribution is 0.284. The molecule has 114 valence electrons. The Balaban J connectivity index is 1.90. The number of halogens is 1. The van der Waals surface area contributed by atoms with Crippen molar-refractivity contribution < 1.29 is 9.47 Å². The normalized spacial score (nSPS) is 13.5. The van der Waals surface area contributed by atoms with Gasteiger partial charge < -0.3 is 14.8 Å². The van der Waals surface area contributed by atoms with Crippen LogP contribution in [-0.4, -0.2) is 26.0 Å². The first-order valence-corrected chi connectivity index (χ1v) is 7.49. The number of aliphatic imine (C=N–C) groups is 1. The molecule has 2 aromatic carbocycles. The molecule has 4 nitrogen and oxygen atoms in total. The van der Waals surface area contributed by atoms with Crippen LogP contribution in [0.1, 0.15) is 11.1 Å². The first-order valence-electron chi connectivity index (χ1n) is 7.11. The van der Waals surface area contributed by atoms with Crippen molar-refractivity contribution in [2.45, 2.75) is 6.61 Å². The van der Waals surface area contributed by atoms with Crippen molar-refractivity contribution in [2.75, 3.05) is 20.2 Å². The number of para-hydroxylation sites is 1. The Kier molecular flexibility index (Phi) is 4.49. The number of hydrogen-bond donors (Lipinski definition) is 1. The van der Waals surface area contributed by atoms with E-state index in [-0.39, 0.29) is 0 Å². The summed E-state index contributed by atoms with van der Waals surface area (Å²) in [5.74, 6) is 2.20. The molecule has 1 heterocycles. The molecule has 0 unspecified atom stereocenters. The van der Waals surface area contributed by atoms with E-state index in [4.69, 9.17) is 21.1 Å². The van der Waals surface area contributed by atoms with Crippen LogP contribution in [0, 0.1) is 0 Å². The highest BCUT2D eigenvalue weighted by atomic mass is 35.5. The highest BCUT2D eigenvalue weighted by Gasteiger charge is 2.18. The maximum absolute atomic E-state index is 6.18. The predicted molar refractivity (Wildman–Crippen MR) is 88.2 cm³/mol. The van der Waals surface area contributed by atoms with E-state index in [0.29, 0.717) is 23.1 Å². The molecular formula is C17H17ClN2O2. The predicted octanol–water partition coefficient (Wildman–Crippen LogP) is 3.28. The smallest absolute Gasteiger partial charge is 0.172 e. The summed E-state index contributed by atoms with van der Waals surface area (Å²) in [6, 6.07) is 13.4. The second-order valence-electron chi connectivity index (χ2n) is 4.87. The van der Waals surface area contributed by atoms with Crippen molar-refractivity contribution in [2.24, 2.45) is 4.99 Å². The van der Waals surface area contributed by atoms with E-state index in [1.165, 1.54) is 0 Å². The summed E-state index contributed by atoms with van der Waals surface area (Å²) in [7, 11) is 1.63. The van der Waals surface area contributed by atoms with Gasteiger partial charge in [-0.1, -0.05) is 35.9 Å². The van der Waals surface area contributed by atoms with Crippen LogP contribution in [0.5, 0.6) is 11.5 Å². The molecule has 3 rings (SSSR count). The maximum Gasteiger partial charge on any atom is 0.172 e. The average Bonchev–Trinajstić information content (AvgIpc) is 3.08. The molecule has 0 amide bonds. The minimum Gasteiger partial charge on any atom is -0.493 e. The molecule has 0 bridgehead atoms. The lowest BCUT2D eigenvalue weighted by Crippen LogP contribution is -2.20. The van der Waals surface area contributed by atoms with E-state index >= 15 is 0 Å². The summed E-state index contributed by atoms with van der Waals surface area (Å²) in [6.07, 6.45) is 0. The molecule has 5 heteroatoms. The van der Waals surface area contributed by atoms with Crippen LogP contribution >= 0.6 is 11.6 Å². The van der Waals surface area contributed by atoms with Crippen molar-refractivity contribution in [1.29, 1.82) is 0 Å². The van der Waals surface area contributed by atoms with Gasteiger partial charge in [-0.2, -0.15) is 0 Å². The van der Waals surface area contributed by atoms with Gasteiger partial charge in [0.15, 0.2) is 11.5 Å². The Morgan fingerprint density at radius 3 is 2.77 bits per heavy atom. The Morgan fingerprint density at radius 2 is 2.05 bits per heavy atom. The number of benzene rings is 2. The number of hydrogen-bond acceptors (Lipinski definition) is 4. The summed E-state index contributed by atoms with van der Waals surface area (Å²) >= 11 is 6.18. The number of methoxy groups -OCH3 is 1. The first kappa shape index (κ1) is 14.7. The quantitative estimate of drug-likeness (QED) is 0.920. The van der Waals surface area contributed by atoms with Crippen LogP contribution in [-0.2, 0) is 6.61 Å². The minimum absolute atomic E-state index is 0.375. The van der Waals surface area contributed by atoms with E-state index in [9.17, 15) is 0 Å². The molecule has 0 radical (unpaired) electrons. The molecule has 0 aliphatic carbocycles. The van der Waals surface area contributed by atoms with Crippen LogP contribution in [0.2, 0.25) is 5.02 Å². The van der Waals surface area contributed by atoms with E-state index < -0.39 is 0 Å². The fourth-order valence-electron chi connectivity index (χ4n) is 2.36. The number of ether oxygens (including phenoxy) is 2. The van der Waals surface area contributed by atoms with Crippen molar-refractivity contribution in [1.82, 2.24) is 5.32 Å². The van der Waals surface area contributed by atoms with Gasteiger partial charge in [0, 0.05) is 17.1 Å². The number of amidine groups is 1. The summed E-state index contributed by atoms with van der Waals surface area (Å²) < 4.78 is 11.4. The monoisotopic (exact) mass is 316 g/mol. The van der Waals surface area contributed by atoms with Crippen LogP contribution in [0.15, 0.2) is 47.5 Å². The second-order valence-corrected chi connectivity index (χ2v) is 5.28. The molecule has 0 atom stereocenters. The van der Waals surface area contributed by atoms with Gasteiger partial charge in [-0.05, 0) is 18.2 Å². The number of rotatable bonds is 5. The maximum atomic E-state index is 6.18. The van der Waals surface area contributed by atoms with Gasteiger partial charge in [0.05, 0.1) is 19.2 Å². The standard InChI is InChI=1S/C17H17ClN2O2/c1-21-15-8-4-6-13(17-19-9-10-20-17)16(15)22-11-12-5-2-3-7-14(12)18/h2-8H,9-11H2,1H3,(H,19,20). The summed E-state index contributed by atoms with van der Waals surface area (Å²) in [6.45, 7) is 1.99. The van der Waals surface area contributed by atoms with Gasteiger partial charge in [0.25, 0.3) is 0 Å². The highest BCUT2D eigenvalue weighted by Crippen LogP contribution is 2.33. The third-order valence-corrected chi connectivity index (χ3v) is 3.83. The molecule has 1 N–H and O–H groups in total. The largest absolute Gasteiger partial charge is 0.493 e. The van der Waals surface area contributed by atoms with Crippen LogP contribution in [0.25, 0.3) is 0 Å². The van der Waals surface area contributed by atoms with Gasteiger partial charge in [-0.15, -0.1) is 0 Å². The molecular weight excluding hydrogens is 300 g/mol. The van der Waals surface area contributed by atoms with Gasteiger partial charge in [0.2, 0.25) is 0 Å². The summed E-state index contributed by atoms with van der Waals surface area (Å²) in [5.41, 5.74) is 1.84. The molecule has 0 fully saturated rings. The lowest BCUT2D eigenvalue weighted by Gasteiger charge is -2.15. The van der Waals surface area contributed by atoms with E-state index in [1.54, 1.807) is 7.11 Å². The number of nitrogens with zero attached hydrogens (tertiary/aromatic N) is 1. The van der Waals surface area contributed by atoms with Gasteiger partial charge >= 0.3 is 0 Å². The molecule has 1 aliphatic heterocycles. The van der Waals surface area contributed by atoms with E-state index in [1.807, 2.05) is 42.5 Å². The van der Waals surface area contributed by atoms with Crippen LogP contribution in [0.3, 0.4) is 0 Å². The fraction of sp³-hybridized carbons (Fsp3) is 0.235. The van der Waals surface area contributed by atoms with E-state index in [2.05, 4.69) is 10.3 Å². The summed E-state index contributed by atoms with van der Waals surface area (Å²) in [4.78, 5) is 4.46. The SMILES string of the molecule is COc1cccc(C2=NCCN2)c1OCc1ccccc1Cl. The molecule has 0 spiro atoms. The molecule has 0 saturated carbocycles. The Morgan fingerprint density at radius 1 is 1.18 bits per heavy atom. The van der Waals surface area contributed by atoms with Gasteiger partial charge in [0.1, 0.15) is 12.4 Å². The first-order chi connectivity index (χ1) is 10.8. The molecule has 2 aromatic rings. The Hall–Kier alpha value is -2.20. The topological polar surface area (TPSA) is 42.8 Å². The molecule has 22 heavy (non-hydrogen) atoms. The zero-order valence-electron chi connectivity index (χ0n) is 12.3. The molecule has 0 saturated heterocycles. The van der Waals surface area contributed by atoms with E-state index in [0.717, 1.165) is 30.1 Å². The third kappa shape index (κ3) is 3.02. The zero-order chi connectivity index (χ0) is 15.4. The van der Waals surface area contributed by atoms with Crippen molar-refractivity contribution >= 4 is 17.4 Å². The third-order valence-electron chi connectivity index (χ3n) is 3.46. The lowest BCUT2D eigenvalue weighted by atomic mass is 10.1. The number of nitrogens with one attached hydrogen (secondary N) is 1. The zero-order valence-corrected chi connectivity index (χ0v) is 13.1. The summed E-state index contributed by atoms with van der Waals surface area (Å²) in [5, 5.41) is 3.95. The van der Waals surface area contributed by atoms with Crippen LogP contribution in [0.4, 0.5) is 0 Å². The van der Waals surface area contributed by atoms with Crippen LogP contribution < -0.4 is 14.8 Å². The van der Waals surface area contributed by atoms with Gasteiger partial charge in [-0.25, -0.2) is 0 Å². The van der Waals surface area contributed by atoms with Crippen molar-refractivity contribution in [3.8, 4) is 11.5 Å². The Bertz CT molecular complexity index is 701. The fourth-order valence-corrected chi connectivity index (χ4v) is 2.55. The highest BCUT2D eigenvalue weighted by molar-refractivity contribution is 6.31. The van der Waals surface area contributed by atoms with Gasteiger partial charge in [-0.3, -0.25) is 4.99 Å². The van der Waals surface area contributed by atoms with Crippen molar-refractivity contribution in [3.05, 3.63) is 58.6 Å². The average molecular weight is 317 g/mol. The Labute approximate surface area is 134 Å².